The molecule has 31 heavy (non-hydrogen) atoms. The van der Waals surface area contributed by atoms with E-state index in [1.165, 1.54) is 30.9 Å². The number of ether oxygens (including phenoxy) is 2. The minimum atomic E-state index is -0.349. The van der Waals surface area contributed by atoms with Crippen molar-refractivity contribution in [1.29, 1.82) is 0 Å². The predicted octanol–water partition coefficient (Wildman–Crippen LogP) is 4.23. The van der Waals surface area contributed by atoms with Crippen molar-refractivity contribution in [2.24, 2.45) is 5.10 Å². The molecule has 158 valence electrons. The number of carbonyl (C=O) groups excluding carboxylic acids is 1. The Balaban J connectivity index is 1.37. The molecule has 0 radical (unpaired) electrons. The molecule has 1 aliphatic rings. The van der Waals surface area contributed by atoms with Crippen molar-refractivity contribution in [3.8, 4) is 17.2 Å². The highest BCUT2D eigenvalue weighted by Crippen LogP contribution is 2.28. The molecule has 1 amide bonds. The Kier molecular flexibility index (Phi) is 6.17. The van der Waals surface area contributed by atoms with Crippen LogP contribution in [0.2, 0.25) is 0 Å². The SMILES string of the molecule is COc1cccc(/C=N\NC(=O)c2cccc(COc3ccc4c(c3)CCC4)c2)c1O. The van der Waals surface area contributed by atoms with Crippen molar-refractivity contribution in [3.63, 3.8) is 0 Å². The van der Waals surface area contributed by atoms with Crippen LogP contribution in [-0.4, -0.2) is 24.3 Å². The molecule has 6 heteroatoms. The molecule has 3 aromatic carbocycles. The summed E-state index contributed by atoms with van der Waals surface area (Å²) in [5, 5.41) is 14.0. The first-order valence-electron chi connectivity index (χ1n) is 10.2. The summed E-state index contributed by atoms with van der Waals surface area (Å²) in [7, 11) is 1.47. The zero-order chi connectivity index (χ0) is 21.6. The quantitative estimate of drug-likeness (QED) is 0.446. The van der Waals surface area contributed by atoms with Crippen molar-refractivity contribution in [3.05, 3.63) is 88.5 Å². The number of aryl methyl sites for hydroxylation is 2. The third-order valence-electron chi connectivity index (χ3n) is 5.28. The summed E-state index contributed by atoms with van der Waals surface area (Å²) in [6.45, 7) is 0.376. The van der Waals surface area contributed by atoms with Gasteiger partial charge in [0.1, 0.15) is 12.4 Å². The lowest BCUT2D eigenvalue weighted by atomic mass is 10.1. The molecule has 0 bridgehead atoms. The van der Waals surface area contributed by atoms with E-state index >= 15 is 0 Å². The van der Waals surface area contributed by atoms with E-state index < -0.39 is 0 Å². The molecule has 1 aliphatic carbocycles. The van der Waals surface area contributed by atoms with Gasteiger partial charge in [0, 0.05) is 11.1 Å². The van der Waals surface area contributed by atoms with E-state index in [2.05, 4.69) is 22.7 Å². The Morgan fingerprint density at radius 2 is 1.94 bits per heavy atom. The average Bonchev–Trinajstić information content (AvgIpc) is 3.27. The van der Waals surface area contributed by atoms with Gasteiger partial charge in [-0.15, -0.1) is 0 Å². The van der Waals surface area contributed by atoms with Crippen molar-refractivity contribution in [1.82, 2.24) is 5.43 Å². The second-order valence-electron chi connectivity index (χ2n) is 7.37. The maximum atomic E-state index is 12.4. The van der Waals surface area contributed by atoms with Gasteiger partial charge in [-0.25, -0.2) is 5.43 Å². The van der Waals surface area contributed by atoms with E-state index in [0.717, 1.165) is 24.2 Å². The van der Waals surface area contributed by atoms with Crippen LogP contribution in [0.25, 0.3) is 0 Å². The Hall–Kier alpha value is -3.80. The summed E-state index contributed by atoms with van der Waals surface area (Å²) in [5.74, 6) is 0.802. The van der Waals surface area contributed by atoms with Gasteiger partial charge in [0.2, 0.25) is 0 Å². The number of hydrogen-bond donors (Lipinski definition) is 2. The number of carbonyl (C=O) groups is 1. The number of fused-ring (bicyclic) bond motifs is 1. The molecular weight excluding hydrogens is 392 g/mol. The zero-order valence-electron chi connectivity index (χ0n) is 17.3. The maximum absolute atomic E-state index is 12.4. The molecule has 0 saturated carbocycles. The van der Waals surface area contributed by atoms with Crippen LogP contribution in [0.5, 0.6) is 17.2 Å². The number of aromatic hydroxyl groups is 1. The fourth-order valence-electron chi connectivity index (χ4n) is 3.64. The lowest BCUT2D eigenvalue weighted by Gasteiger charge is -2.09. The van der Waals surface area contributed by atoms with Gasteiger partial charge in [-0.2, -0.15) is 5.10 Å². The highest BCUT2D eigenvalue weighted by molar-refractivity contribution is 5.95. The average molecular weight is 416 g/mol. The number of rotatable bonds is 7. The number of hydrogen-bond acceptors (Lipinski definition) is 5. The number of benzene rings is 3. The first-order valence-corrected chi connectivity index (χ1v) is 10.2. The van der Waals surface area contributed by atoms with Gasteiger partial charge in [-0.3, -0.25) is 4.79 Å². The van der Waals surface area contributed by atoms with E-state index in [-0.39, 0.29) is 11.7 Å². The number of methoxy groups -OCH3 is 1. The van der Waals surface area contributed by atoms with Crippen molar-refractivity contribution in [2.45, 2.75) is 25.9 Å². The first-order chi connectivity index (χ1) is 15.1. The highest BCUT2D eigenvalue weighted by atomic mass is 16.5. The van der Waals surface area contributed by atoms with E-state index in [4.69, 9.17) is 9.47 Å². The van der Waals surface area contributed by atoms with Gasteiger partial charge in [0.15, 0.2) is 11.5 Å². The molecule has 0 saturated heterocycles. The van der Waals surface area contributed by atoms with Crippen LogP contribution in [0, 0.1) is 0 Å². The smallest absolute Gasteiger partial charge is 0.271 e. The topological polar surface area (TPSA) is 80.2 Å². The van der Waals surface area contributed by atoms with Crippen LogP contribution in [-0.2, 0) is 19.4 Å². The molecule has 0 spiro atoms. The number of nitrogens with zero attached hydrogens (tertiary/aromatic N) is 1. The minimum Gasteiger partial charge on any atom is -0.504 e. The van der Waals surface area contributed by atoms with Crippen LogP contribution in [0.4, 0.5) is 0 Å². The highest BCUT2D eigenvalue weighted by Gasteiger charge is 2.12. The monoisotopic (exact) mass is 416 g/mol. The third-order valence-corrected chi connectivity index (χ3v) is 5.28. The van der Waals surface area contributed by atoms with Crippen molar-refractivity contribution in [2.75, 3.05) is 7.11 Å². The number of hydrazone groups is 1. The fourth-order valence-corrected chi connectivity index (χ4v) is 3.64. The summed E-state index contributed by atoms with van der Waals surface area (Å²) in [6.07, 6.45) is 4.83. The van der Waals surface area contributed by atoms with Gasteiger partial charge in [0.25, 0.3) is 5.91 Å². The van der Waals surface area contributed by atoms with E-state index in [9.17, 15) is 9.90 Å². The summed E-state index contributed by atoms with van der Waals surface area (Å²) >= 11 is 0. The van der Waals surface area contributed by atoms with Gasteiger partial charge in [-0.1, -0.05) is 24.3 Å². The molecule has 6 nitrogen and oxygen atoms in total. The lowest BCUT2D eigenvalue weighted by Crippen LogP contribution is -2.17. The third kappa shape index (κ3) is 4.86. The second-order valence-corrected chi connectivity index (χ2v) is 7.37. The van der Waals surface area contributed by atoms with Crippen molar-refractivity contribution >= 4 is 12.1 Å². The van der Waals surface area contributed by atoms with E-state index in [1.54, 1.807) is 30.3 Å². The molecule has 2 N–H and O–H groups in total. The van der Waals surface area contributed by atoms with Crippen LogP contribution in [0.1, 0.15) is 39.0 Å². The largest absolute Gasteiger partial charge is 0.504 e. The van der Waals surface area contributed by atoms with Gasteiger partial charge < -0.3 is 14.6 Å². The molecule has 0 fully saturated rings. The second kappa shape index (κ2) is 9.34. The van der Waals surface area contributed by atoms with E-state index in [0.29, 0.717) is 23.5 Å². The zero-order valence-corrected chi connectivity index (χ0v) is 17.3. The Bertz CT molecular complexity index is 1120. The van der Waals surface area contributed by atoms with Crippen LogP contribution < -0.4 is 14.9 Å². The molecule has 3 aromatic rings. The number of para-hydroxylation sites is 1. The molecule has 0 aromatic heterocycles. The fraction of sp³-hybridized carbons (Fsp3) is 0.200. The molecule has 0 atom stereocenters. The van der Waals surface area contributed by atoms with E-state index in [1.807, 2.05) is 18.2 Å². The first kappa shape index (κ1) is 20.5. The van der Waals surface area contributed by atoms with Crippen LogP contribution in [0.15, 0.2) is 65.8 Å². The molecular formula is C25H24N2O4. The lowest BCUT2D eigenvalue weighted by molar-refractivity contribution is 0.0955. The number of phenols is 1. The van der Waals surface area contributed by atoms with Gasteiger partial charge in [0.05, 0.1) is 13.3 Å². The Morgan fingerprint density at radius 3 is 2.81 bits per heavy atom. The maximum Gasteiger partial charge on any atom is 0.271 e. The predicted molar refractivity (Wildman–Crippen MR) is 119 cm³/mol. The number of phenolic OH excluding ortho intramolecular Hbond substituents is 1. The number of amides is 1. The van der Waals surface area contributed by atoms with Gasteiger partial charge >= 0.3 is 0 Å². The Morgan fingerprint density at radius 1 is 1.10 bits per heavy atom. The summed E-state index contributed by atoms with van der Waals surface area (Å²) < 4.78 is 11.0. The minimum absolute atomic E-state index is 0.0336. The van der Waals surface area contributed by atoms with Gasteiger partial charge in [-0.05, 0) is 72.4 Å². The molecule has 0 unspecified atom stereocenters. The standard InChI is InChI=1S/C25H24N2O4/c1-30-23-10-4-9-21(24(23)28)15-26-27-25(29)20-8-2-5-17(13-20)16-31-22-12-11-18-6-3-7-19(18)14-22/h2,4-5,8-15,28H,3,6-7,16H2,1H3,(H,27,29)/b26-15-. The van der Waals surface area contributed by atoms with Crippen molar-refractivity contribution < 1.29 is 19.4 Å². The van der Waals surface area contributed by atoms with Crippen LogP contribution in [0.3, 0.4) is 0 Å². The number of nitrogens with one attached hydrogen (secondary N) is 1. The molecule has 0 aliphatic heterocycles. The summed E-state index contributed by atoms with van der Waals surface area (Å²) in [5.41, 5.74) is 7.06. The normalized spacial score (nSPS) is 12.5. The summed E-state index contributed by atoms with van der Waals surface area (Å²) in [6, 6.07) is 18.5. The van der Waals surface area contributed by atoms with Crippen LogP contribution >= 0.6 is 0 Å². The summed E-state index contributed by atoms with van der Waals surface area (Å²) in [4.78, 5) is 12.4. The molecule has 0 heterocycles. The molecule has 4 rings (SSSR count). The Labute approximate surface area is 181 Å².